The van der Waals surface area contributed by atoms with Gasteiger partial charge in [-0.05, 0) is 55.2 Å². The predicted molar refractivity (Wildman–Crippen MR) is 91.5 cm³/mol. The zero-order valence-electron chi connectivity index (χ0n) is 14.5. The number of amides is 1. The van der Waals surface area contributed by atoms with Crippen molar-refractivity contribution in [2.24, 2.45) is 21.8 Å². The summed E-state index contributed by atoms with van der Waals surface area (Å²) in [5.74, 6) is 1.19. The van der Waals surface area contributed by atoms with Crippen molar-refractivity contribution in [2.45, 2.75) is 47.0 Å². The zero-order valence-corrected chi connectivity index (χ0v) is 14.5. The van der Waals surface area contributed by atoms with Gasteiger partial charge in [0, 0.05) is 11.1 Å². The van der Waals surface area contributed by atoms with E-state index in [1.807, 2.05) is 31.2 Å². The first-order valence-electron chi connectivity index (χ1n) is 8.38. The average Bonchev–Trinajstić information content (AvgIpc) is 2.84. The Labute approximate surface area is 138 Å². The van der Waals surface area contributed by atoms with Crippen molar-refractivity contribution in [3.63, 3.8) is 0 Å². The number of carbonyl (C=O) groups excluding carboxylic acids is 1. The number of hydrogen-bond donors (Lipinski definition) is 1. The normalized spacial score (nSPS) is 29.7. The maximum absolute atomic E-state index is 12.0. The number of nitrogens with zero attached hydrogens (tertiary/aromatic N) is 1. The fourth-order valence-corrected chi connectivity index (χ4v) is 4.11. The van der Waals surface area contributed by atoms with Crippen molar-refractivity contribution in [1.29, 1.82) is 0 Å². The molecule has 3 rings (SSSR count). The van der Waals surface area contributed by atoms with Crippen LogP contribution in [0.5, 0.6) is 5.75 Å². The van der Waals surface area contributed by atoms with Crippen LogP contribution in [0.25, 0.3) is 0 Å². The monoisotopic (exact) mass is 314 g/mol. The lowest BCUT2D eigenvalue weighted by molar-refractivity contribution is -0.123. The molecule has 1 aromatic rings. The van der Waals surface area contributed by atoms with Crippen LogP contribution in [-0.2, 0) is 4.79 Å². The van der Waals surface area contributed by atoms with Crippen LogP contribution >= 0.6 is 0 Å². The molecule has 0 radical (unpaired) electrons. The molecule has 2 saturated carbocycles. The molecule has 2 bridgehead atoms. The molecule has 1 amide bonds. The van der Waals surface area contributed by atoms with Crippen molar-refractivity contribution in [3.05, 3.63) is 29.8 Å². The van der Waals surface area contributed by atoms with E-state index in [9.17, 15) is 4.79 Å². The minimum atomic E-state index is -0.205. The second-order valence-electron chi connectivity index (χ2n) is 7.69. The molecule has 2 aliphatic rings. The molecule has 0 aromatic heterocycles. The van der Waals surface area contributed by atoms with Crippen LogP contribution in [0.4, 0.5) is 0 Å². The van der Waals surface area contributed by atoms with Gasteiger partial charge in [0.05, 0.1) is 0 Å². The quantitative estimate of drug-likeness (QED) is 0.862. The molecule has 1 aromatic carbocycles. The SMILES string of the molecule is Cc1cccc(OCC(=O)N/N=C2/C[C@@H]3CC[C@@]2(C)C3(C)C)c1. The molecule has 4 heteroatoms. The average molecular weight is 314 g/mol. The van der Waals surface area contributed by atoms with Gasteiger partial charge in [0.25, 0.3) is 5.91 Å². The van der Waals surface area contributed by atoms with Gasteiger partial charge in [-0.1, -0.05) is 32.9 Å². The Kier molecular flexibility index (Phi) is 3.95. The number of aryl methyl sites for hydroxylation is 1. The highest BCUT2D eigenvalue weighted by molar-refractivity contribution is 5.95. The van der Waals surface area contributed by atoms with Gasteiger partial charge in [0.2, 0.25) is 0 Å². The Morgan fingerprint density at radius 3 is 2.78 bits per heavy atom. The summed E-state index contributed by atoms with van der Waals surface area (Å²) in [6, 6.07) is 7.68. The summed E-state index contributed by atoms with van der Waals surface area (Å²) in [5.41, 5.74) is 5.32. The third kappa shape index (κ3) is 2.75. The molecule has 23 heavy (non-hydrogen) atoms. The van der Waals surface area contributed by atoms with Gasteiger partial charge in [0.15, 0.2) is 6.61 Å². The van der Waals surface area contributed by atoms with Gasteiger partial charge >= 0.3 is 0 Å². The van der Waals surface area contributed by atoms with Crippen molar-refractivity contribution in [2.75, 3.05) is 6.61 Å². The zero-order chi connectivity index (χ0) is 16.7. The number of rotatable bonds is 4. The van der Waals surface area contributed by atoms with Crippen molar-refractivity contribution in [1.82, 2.24) is 5.43 Å². The molecule has 4 nitrogen and oxygen atoms in total. The minimum Gasteiger partial charge on any atom is -0.484 e. The molecular formula is C19H26N2O2. The lowest BCUT2D eigenvalue weighted by Crippen LogP contribution is -2.35. The number of carbonyl (C=O) groups is 1. The molecule has 0 aliphatic heterocycles. The van der Waals surface area contributed by atoms with Crippen LogP contribution < -0.4 is 10.2 Å². The second-order valence-corrected chi connectivity index (χ2v) is 7.69. The van der Waals surface area contributed by atoms with Gasteiger partial charge in [-0.2, -0.15) is 5.10 Å². The highest BCUT2D eigenvalue weighted by atomic mass is 16.5. The summed E-state index contributed by atoms with van der Waals surface area (Å²) >= 11 is 0. The van der Waals surface area contributed by atoms with Crippen LogP contribution in [0.2, 0.25) is 0 Å². The molecule has 2 atom stereocenters. The Balaban J connectivity index is 1.57. The number of nitrogens with one attached hydrogen (secondary N) is 1. The molecule has 0 saturated heterocycles. The van der Waals surface area contributed by atoms with E-state index in [2.05, 4.69) is 31.3 Å². The lowest BCUT2D eigenvalue weighted by Gasteiger charge is -2.34. The van der Waals surface area contributed by atoms with Gasteiger partial charge in [-0.25, -0.2) is 5.43 Å². The van der Waals surface area contributed by atoms with E-state index >= 15 is 0 Å². The van der Waals surface area contributed by atoms with E-state index in [0.717, 1.165) is 17.7 Å². The van der Waals surface area contributed by atoms with E-state index in [-0.39, 0.29) is 23.3 Å². The van der Waals surface area contributed by atoms with Crippen molar-refractivity contribution in [3.8, 4) is 5.75 Å². The predicted octanol–water partition coefficient (Wildman–Crippen LogP) is 3.69. The maximum atomic E-state index is 12.0. The van der Waals surface area contributed by atoms with Gasteiger partial charge in [0.1, 0.15) is 5.75 Å². The summed E-state index contributed by atoms with van der Waals surface area (Å²) in [4.78, 5) is 12.0. The first-order valence-corrected chi connectivity index (χ1v) is 8.38. The van der Waals surface area contributed by atoms with Crippen molar-refractivity contribution >= 4 is 11.6 Å². The molecule has 0 heterocycles. The highest BCUT2D eigenvalue weighted by Gasteiger charge is 2.59. The Morgan fingerprint density at radius 1 is 1.39 bits per heavy atom. The number of hydrazone groups is 1. The van der Waals surface area contributed by atoms with Crippen LogP contribution in [0.3, 0.4) is 0 Å². The van der Waals surface area contributed by atoms with Crippen LogP contribution in [0.1, 0.15) is 45.6 Å². The smallest absolute Gasteiger partial charge is 0.277 e. The maximum Gasteiger partial charge on any atom is 0.277 e. The van der Waals surface area contributed by atoms with E-state index in [1.54, 1.807) is 0 Å². The Hall–Kier alpha value is -1.84. The van der Waals surface area contributed by atoms with E-state index in [0.29, 0.717) is 11.7 Å². The second kappa shape index (κ2) is 5.66. The molecule has 0 unspecified atom stereocenters. The van der Waals surface area contributed by atoms with Gasteiger partial charge in [-0.15, -0.1) is 0 Å². The number of benzene rings is 1. The number of hydrogen-bond acceptors (Lipinski definition) is 3. The number of ether oxygens (including phenoxy) is 1. The summed E-state index contributed by atoms with van der Waals surface area (Å²) in [7, 11) is 0. The van der Waals surface area contributed by atoms with Gasteiger partial charge in [-0.3, -0.25) is 4.79 Å². The third-order valence-corrected chi connectivity index (χ3v) is 6.19. The van der Waals surface area contributed by atoms with Crippen LogP contribution in [0.15, 0.2) is 29.4 Å². The Morgan fingerprint density at radius 2 is 2.17 bits per heavy atom. The first kappa shape index (κ1) is 16.0. The molecular weight excluding hydrogens is 288 g/mol. The largest absolute Gasteiger partial charge is 0.484 e. The highest BCUT2D eigenvalue weighted by Crippen LogP contribution is 2.63. The summed E-state index contributed by atoms with van der Waals surface area (Å²) in [5, 5.41) is 4.44. The molecule has 1 N–H and O–H groups in total. The van der Waals surface area contributed by atoms with Crippen molar-refractivity contribution < 1.29 is 9.53 Å². The van der Waals surface area contributed by atoms with Gasteiger partial charge < -0.3 is 4.74 Å². The fraction of sp³-hybridized carbons (Fsp3) is 0.579. The molecule has 0 spiro atoms. The summed E-state index contributed by atoms with van der Waals surface area (Å²) < 4.78 is 5.51. The van der Waals surface area contributed by atoms with E-state index in [1.165, 1.54) is 12.8 Å². The topological polar surface area (TPSA) is 50.7 Å². The lowest BCUT2D eigenvalue weighted by atomic mass is 9.70. The Bertz CT molecular complexity index is 651. The minimum absolute atomic E-state index is 0.0101. The number of fused-ring (bicyclic) bond motifs is 2. The van der Waals surface area contributed by atoms with E-state index < -0.39 is 0 Å². The fourth-order valence-electron chi connectivity index (χ4n) is 4.11. The summed E-state index contributed by atoms with van der Waals surface area (Å²) in [6.45, 7) is 8.93. The molecule has 2 aliphatic carbocycles. The third-order valence-electron chi connectivity index (χ3n) is 6.19. The summed E-state index contributed by atoms with van der Waals surface area (Å²) in [6.07, 6.45) is 3.44. The van der Waals surface area contributed by atoms with Crippen LogP contribution in [-0.4, -0.2) is 18.2 Å². The van der Waals surface area contributed by atoms with E-state index in [4.69, 9.17) is 4.74 Å². The molecule has 124 valence electrons. The van der Waals surface area contributed by atoms with Crippen LogP contribution in [0, 0.1) is 23.7 Å². The molecule has 2 fully saturated rings. The first-order chi connectivity index (χ1) is 10.8. The standard InChI is InChI=1S/C19H26N2O2/c1-13-6-5-7-15(10-13)23-12-17(22)21-20-16-11-14-8-9-19(16,4)18(14,2)3/h5-7,10,14H,8-9,11-12H2,1-4H3,(H,21,22)/b20-16-/t14-,19+/m0/s1.